The van der Waals surface area contributed by atoms with Gasteiger partial charge < -0.3 is 4.57 Å². The number of benzene rings is 1. The van der Waals surface area contributed by atoms with Crippen molar-refractivity contribution in [3.8, 4) is 5.69 Å². The maximum Gasteiger partial charge on any atom is 0.166 e. The van der Waals surface area contributed by atoms with Crippen molar-refractivity contribution in [2.45, 2.75) is 6.42 Å². The molecule has 2 nitrogen and oxygen atoms in total. The van der Waals surface area contributed by atoms with Crippen molar-refractivity contribution in [3.05, 3.63) is 66.5 Å². The van der Waals surface area contributed by atoms with Crippen molar-refractivity contribution < 1.29 is 4.79 Å². The van der Waals surface area contributed by atoms with Gasteiger partial charge in [-0.3, -0.25) is 4.79 Å². The van der Waals surface area contributed by atoms with Gasteiger partial charge in [-0.05, 0) is 36.2 Å². The Kier molecular flexibility index (Phi) is 3.01. The SMILES string of the molecule is C=CCc1ccc(-n2cccc2C=O)cc1. The first-order valence-corrected chi connectivity index (χ1v) is 5.18. The van der Waals surface area contributed by atoms with Gasteiger partial charge in [0.25, 0.3) is 0 Å². The number of hydrogen-bond acceptors (Lipinski definition) is 1. The molecule has 2 heteroatoms. The van der Waals surface area contributed by atoms with Crippen LogP contribution in [0.1, 0.15) is 16.1 Å². The fourth-order valence-corrected chi connectivity index (χ4v) is 1.68. The monoisotopic (exact) mass is 211 g/mol. The molecule has 0 atom stereocenters. The third-order valence-electron chi connectivity index (χ3n) is 2.50. The van der Waals surface area contributed by atoms with Gasteiger partial charge in [-0.2, -0.15) is 0 Å². The summed E-state index contributed by atoms with van der Waals surface area (Å²) >= 11 is 0. The van der Waals surface area contributed by atoms with E-state index in [1.54, 1.807) is 6.07 Å². The molecule has 0 aliphatic heterocycles. The van der Waals surface area contributed by atoms with Crippen LogP contribution in [0.4, 0.5) is 0 Å². The fraction of sp³-hybridized carbons (Fsp3) is 0.0714. The molecule has 0 unspecified atom stereocenters. The summed E-state index contributed by atoms with van der Waals surface area (Å²) in [6, 6.07) is 11.8. The van der Waals surface area contributed by atoms with Gasteiger partial charge in [-0.15, -0.1) is 6.58 Å². The molecule has 0 amide bonds. The van der Waals surface area contributed by atoms with E-state index >= 15 is 0 Å². The predicted molar refractivity (Wildman–Crippen MR) is 65.1 cm³/mol. The molecular weight excluding hydrogens is 198 g/mol. The molecule has 1 aromatic heterocycles. The summed E-state index contributed by atoms with van der Waals surface area (Å²) in [5, 5.41) is 0. The lowest BCUT2D eigenvalue weighted by molar-refractivity contribution is 0.111. The van der Waals surface area contributed by atoms with Gasteiger partial charge in [0.05, 0.1) is 5.69 Å². The van der Waals surface area contributed by atoms with Gasteiger partial charge in [0.15, 0.2) is 6.29 Å². The number of carbonyl (C=O) groups excluding carboxylic acids is 1. The fourth-order valence-electron chi connectivity index (χ4n) is 1.68. The maximum absolute atomic E-state index is 10.8. The molecular formula is C14H13NO. The number of hydrogen-bond donors (Lipinski definition) is 0. The van der Waals surface area contributed by atoms with Crippen molar-refractivity contribution in [2.75, 3.05) is 0 Å². The standard InChI is InChI=1S/C14H13NO/c1-2-4-12-6-8-13(9-7-12)15-10-3-5-14(15)11-16/h2-3,5-11H,1,4H2. The van der Waals surface area contributed by atoms with Gasteiger partial charge in [0, 0.05) is 11.9 Å². The van der Waals surface area contributed by atoms with Gasteiger partial charge in [0.2, 0.25) is 0 Å². The Morgan fingerprint density at radius 1 is 1.19 bits per heavy atom. The molecule has 0 aliphatic carbocycles. The number of rotatable bonds is 4. The summed E-state index contributed by atoms with van der Waals surface area (Å²) in [6.45, 7) is 3.70. The van der Waals surface area contributed by atoms with E-state index < -0.39 is 0 Å². The lowest BCUT2D eigenvalue weighted by Gasteiger charge is -2.06. The zero-order valence-corrected chi connectivity index (χ0v) is 8.97. The Balaban J connectivity index is 2.34. The van der Waals surface area contributed by atoms with Crippen molar-refractivity contribution in [2.24, 2.45) is 0 Å². The molecule has 80 valence electrons. The molecule has 0 saturated carbocycles. The first kappa shape index (κ1) is 10.4. The van der Waals surface area contributed by atoms with Crippen molar-refractivity contribution in [3.63, 3.8) is 0 Å². The second kappa shape index (κ2) is 4.62. The quantitative estimate of drug-likeness (QED) is 0.563. The summed E-state index contributed by atoms with van der Waals surface area (Å²) in [7, 11) is 0. The molecule has 16 heavy (non-hydrogen) atoms. The lowest BCUT2D eigenvalue weighted by atomic mass is 10.1. The van der Waals surface area contributed by atoms with E-state index in [1.165, 1.54) is 5.56 Å². The Labute approximate surface area is 94.8 Å². The molecule has 0 N–H and O–H groups in total. The average Bonchev–Trinajstić information content (AvgIpc) is 2.78. The Morgan fingerprint density at radius 3 is 2.56 bits per heavy atom. The number of carbonyl (C=O) groups is 1. The van der Waals surface area contributed by atoms with E-state index in [2.05, 4.69) is 6.58 Å². The molecule has 1 heterocycles. The molecule has 0 spiro atoms. The van der Waals surface area contributed by atoms with Crippen LogP contribution in [0.5, 0.6) is 0 Å². The Bertz CT molecular complexity index is 494. The highest BCUT2D eigenvalue weighted by atomic mass is 16.1. The minimum atomic E-state index is 0.663. The van der Waals surface area contributed by atoms with Gasteiger partial charge in [-0.1, -0.05) is 18.2 Å². The molecule has 0 aliphatic rings. The van der Waals surface area contributed by atoms with Crippen molar-refractivity contribution in [1.29, 1.82) is 0 Å². The number of aldehydes is 1. The third kappa shape index (κ3) is 1.96. The third-order valence-corrected chi connectivity index (χ3v) is 2.50. The Hall–Kier alpha value is -2.09. The number of nitrogens with zero attached hydrogens (tertiary/aromatic N) is 1. The molecule has 2 aromatic rings. The van der Waals surface area contributed by atoms with E-state index in [1.807, 2.05) is 47.2 Å². The largest absolute Gasteiger partial charge is 0.314 e. The van der Waals surface area contributed by atoms with Crippen LogP contribution in [-0.4, -0.2) is 10.9 Å². The minimum absolute atomic E-state index is 0.663. The number of aromatic nitrogens is 1. The van der Waals surface area contributed by atoms with Crippen LogP contribution in [0.25, 0.3) is 5.69 Å². The van der Waals surface area contributed by atoms with E-state index in [-0.39, 0.29) is 0 Å². The Morgan fingerprint density at radius 2 is 1.94 bits per heavy atom. The summed E-state index contributed by atoms with van der Waals surface area (Å²) in [5.74, 6) is 0. The molecule has 0 radical (unpaired) electrons. The van der Waals surface area contributed by atoms with Crippen LogP contribution in [0.2, 0.25) is 0 Å². The molecule has 0 fully saturated rings. The maximum atomic E-state index is 10.8. The van der Waals surface area contributed by atoms with Crippen LogP contribution in [0.15, 0.2) is 55.3 Å². The molecule has 1 aromatic carbocycles. The zero-order chi connectivity index (χ0) is 11.4. The lowest BCUT2D eigenvalue weighted by Crippen LogP contribution is -1.97. The van der Waals surface area contributed by atoms with Crippen LogP contribution >= 0.6 is 0 Å². The summed E-state index contributed by atoms with van der Waals surface area (Å²) in [6.07, 6.45) is 5.48. The van der Waals surface area contributed by atoms with Crippen molar-refractivity contribution >= 4 is 6.29 Å². The highest BCUT2D eigenvalue weighted by molar-refractivity contribution is 5.73. The van der Waals surface area contributed by atoms with Crippen LogP contribution in [0, 0.1) is 0 Å². The van der Waals surface area contributed by atoms with Crippen molar-refractivity contribution in [1.82, 2.24) is 4.57 Å². The average molecular weight is 211 g/mol. The second-order valence-corrected chi connectivity index (χ2v) is 3.58. The predicted octanol–water partition coefficient (Wildman–Crippen LogP) is 3.02. The van der Waals surface area contributed by atoms with E-state index in [4.69, 9.17) is 0 Å². The van der Waals surface area contributed by atoms with Gasteiger partial charge >= 0.3 is 0 Å². The topological polar surface area (TPSA) is 22.0 Å². The summed E-state index contributed by atoms with van der Waals surface area (Å²) < 4.78 is 1.87. The molecule has 0 saturated heterocycles. The molecule has 2 rings (SSSR count). The first-order chi connectivity index (χ1) is 7.85. The van der Waals surface area contributed by atoms with Gasteiger partial charge in [0.1, 0.15) is 0 Å². The van der Waals surface area contributed by atoms with Crippen LogP contribution in [0.3, 0.4) is 0 Å². The van der Waals surface area contributed by atoms with E-state index in [0.717, 1.165) is 18.4 Å². The normalized spacial score (nSPS) is 10.0. The van der Waals surface area contributed by atoms with Gasteiger partial charge in [-0.25, -0.2) is 0 Å². The minimum Gasteiger partial charge on any atom is -0.314 e. The summed E-state index contributed by atoms with van der Waals surface area (Å²) in [4.78, 5) is 10.8. The highest BCUT2D eigenvalue weighted by Crippen LogP contribution is 2.13. The second-order valence-electron chi connectivity index (χ2n) is 3.58. The zero-order valence-electron chi connectivity index (χ0n) is 8.97. The molecule has 0 bridgehead atoms. The van der Waals surface area contributed by atoms with Crippen LogP contribution in [-0.2, 0) is 6.42 Å². The summed E-state index contributed by atoms with van der Waals surface area (Å²) in [5.41, 5.74) is 2.88. The number of allylic oxidation sites excluding steroid dienone is 1. The van der Waals surface area contributed by atoms with E-state index in [0.29, 0.717) is 5.69 Å². The first-order valence-electron chi connectivity index (χ1n) is 5.18. The smallest absolute Gasteiger partial charge is 0.166 e. The van der Waals surface area contributed by atoms with Crippen LogP contribution < -0.4 is 0 Å². The van der Waals surface area contributed by atoms with E-state index in [9.17, 15) is 4.79 Å². The highest BCUT2D eigenvalue weighted by Gasteiger charge is 2.01.